The highest BCUT2D eigenvalue weighted by Gasteiger charge is 2.37. The molecule has 0 saturated carbocycles. The predicted molar refractivity (Wildman–Crippen MR) is 112 cm³/mol. The standard InChI is InChI=1S/C24H31NO3/c1-23(2,3)19-11-9-18(10-12-19)22(26)25-17-24(13-15-28-16-14-24)20-7-5-6-8-21(20)27-4/h5-12H,13-17H2,1-4H3,(H,25,26). The number of amides is 1. The third-order valence-electron chi connectivity index (χ3n) is 5.73. The number of carbonyl (C=O) groups is 1. The van der Waals surface area contributed by atoms with Gasteiger partial charge in [-0.05, 0) is 42.0 Å². The van der Waals surface area contributed by atoms with Crippen LogP contribution in [0.25, 0.3) is 0 Å². The van der Waals surface area contributed by atoms with E-state index in [1.165, 1.54) is 5.56 Å². The highest BCUT2D eigenvalue weighted by atomic mass is 16.5. The van der Waals surface area contributed by atoms with E-state index >= 15 is 0 Å². The average molecular weight is 382 g/mol. The van der Waals surface area contributed by atoms with E-state index in [9.17, 15) is 4.79 Å². The van der Waals surface area contributed by atoms with Crippen LogP contribution in [0, 0.1) is 0 Å². The first-order valence-corrected chi connectivity index (χ1v) is 9.96. The first-order chi connectivity index (χ1) is 13.4. The molecule has 1 heterocycles. The van der Waals surface area contributed by atoms with Crippen LogP contribution >= 0.6 is 0 Å². The summed E-state index contributed by atoms with van der Waals surface area (Å²) in [5.41, 5.74) is 2.95. The minimum absolute atomic E-state index is 0.0405. The third kappa shape index (κ3) is 4.39. The average Bonchev–Trinajstić information content (AvgIpc) is 2.72. The minimum atomic E-state index is -0.175. The van der Waals surface area contributed by atoms with Crippen molar-refractivity contribution in [1.82, 2.24) is 5.32 Å². The largest absolute Gasteiger partial charge is 0.496 e. The number of methoxy groups -OCH3 is 1. The molecule has 3 rings (SSSR count). The van der Waals surface area contributed by atoms with Gasteiger partial charge in [-0.25, -0.2) is 0 Å². The number of ether oxygens (including phenoxy) is 2. The van der Waals surface area contributed by atoms with Gasteiger partial charge in [-0.1, -0.05) is 51.1 Å². The number of hydrogen-bond donors (Lipinski definition) is 1. The first kappa shape index (κ1) is 20.4. The number of carbonyl (C=O) groups excluding carboxylic acids is 1. The fourth-order valence-electron chi connectivity index (χ4n) is 3.86. The van der Waals surface area contributed by atoms with E-state index in [-0.39, 0.29) is 16.7 Å². The molecule has 1 aliphatic rings. The van der Waals surface area contributed by atoms with Crippen LogP contribution in [0.2, 0.25) is 0 Å². The van der Waals surface area contributed by atoms with Gasteiger partial charge in [0.25, 0.3) is 5.91 Å². The quantitative estimate of drug-likeness (QED) is 0.831. The van der Waals surface area contributed by atoms with Gasteiger partial charge in [0.15, 0.2) is 0 Å². The van der Waals surface area contributed by atoms with Gasteiger partial charge in [-0.3, -0.25) is 4.79 Å². The van der Waals surface area contributed by atoms with Gasteiger partial charge in [-0.15, -0.1) is 0 Å². The maximum atomic E-state index is 12.8. The van der Waals surface area contributed by atoms with Crippen LogP contribution < -0.4 is 10.1 Å². The zero-order chi connectivity index (χ0) is 20.2. The fourth-order valence-corrected chi connectivity index (χ4v) is 3.86. The summed E-state index contributed by atoms with van der Waals surface area (Å²) in [7, 11) is 1.70. The lowest BCUT2D eigenvalue weighted by molar-refractivity contribution is 0.0479. The number of para-hydroxylation sites is 1. The minimum Gasteiger partial charge on any atom is -0.496 e. The zero-order valence-corrected chi connectivity index (χ0v) is 17.4. The molecule has 28 heavy (non-hydrogen) atoms. The Morgan fingerprint density at radius 2 is 1.71 bits per heavy atom. The lowest BCUT2D eigenvalue weighted by Crippen LogP contribution is -2.44. The summed E-state index contributed by atoms with van der Waals surface area (Å²) in [5, 5.41) is 3.17. The van der Waals surface area contributed by atoms with E-state index < -0.39 is 0 Å². The molecule has 1 N–H and O–H groups in total. The van der Waals surface area contributed by atoms with Gasteiger partial charge < -0.3 is 14.8 Å². The molecule has 1 aliphatic heterocycles. The van der Waals surface area contributed by atoms with Crippen LogP contribution in [0.4, 0.5) is 0 Å². The molecule has 0 aliphatic carbocycles. The van der Waals surface area contributed by atoms with Gasteiger partial charge in [0, 0.05) is 36.3 Å². The highest BCUT2D eigenvalue weighted by molar-refractivity contribution is 5.94. The number of benzene rings is 2. The summed E-state index contributed by atoms with van der Waals surface area (Å²) >= 11 is 0. The summed E-state index contributed by atoms with van der Waals surface area (Å²) < 4.78 is 11.2. The normalized spacial score (nSPS) is 16.4. The second-order valence-electron chi connectivity index (χ2n) is 8.60. The highest BCUT2D eigenvalue weighted by Crippen LogP contribution is 2.39. The van der Waals surface area contributed by atoms with Gasteiger partial charge in [0.05, 0.1) is 7.11 Å². The van der Waals surface area contributed by atoms with Gasteiger partial charge in [-0.2, -0.15) is 0 Å². The monoisotopic (exact) mass is 381 g/mol. The first-order valence-electron chi connectivity index (χ1n) is 9.96. The second-order valence-corrected chi connectivity index (χ2v) is 8.60. The van der Waals surface area contributed by atoms with Crippen molar-refractivity contribution in [2.75, 3.05) is 26.9 Å². The maximum absolute atomic E-state index is 12.8. The van der Waals surface area contributed by atoms with Crippen molar-refractivity contribution in [3.63, 3.8) is 0 Å². The van der Waals surface area contributed by atoms with Crippen LogP contribution in [0.15, 0.2) is 48.5 Å². The Balaban J connectivity index is 1.78. The molecule has 0 spiro atoms. The molecular formula is C24H31NO3. The van der Waals surface area contributed by atoms with Crippen molar-refractivity contribution in [1.29, 1.82) is 0 Å². The second kappa shape index (κ2) is 8.36. The summed E-state index contributed by atoms with van der Waals surface area (Å²) in [4.78, 5) is 12.8. The zero-order valence-electron chi connectivity index (χ0n) is 17.4. The lowest BCUT2D eigenvalue weighted by atomic mass is 9.73. The van der Waals surface area contributed by atoms with Crippen LogP contribution in [-0.4, -0.2) is 32.8 Å². The number of rotatable bonds is 5. The molecule has 0 radical (unpaired) electrons. The Bertz CT molecular complexity index is 799. The SMILES string of the molecule is COc1ccccc1C1(CNC(=O)c2ccc(C(C)(C)C)cc2)CCOCC1. The Labute approximate surface area is 168 Å². The molecule has 2 aromatic rings. The van der Waals surface area contributed by atoms with Crippen molar-refractivity contribution >= 4 is 5.91 Å². The molecule has 0 unspecified atom stereocenters. The topological polar surface area (TPSA) is 47.6 Å². The van der Waals surface area contributed by atoms with Crippen molar-refractivity contribution in [2.45, 2.75) is 44.4 Å². The lowest BCUT2D eigenvalue weighted by Gasteiger charge is -2.38. The number of hydrogen-bond acceptors (Lipinski definition) is 3. The molecule has 4 nitrogen and oxygen atoms in total. The molecule has 0 atom stereocenters. The van der Waals surface area contributed by atoms with E-state index in [0.717, 1.165) is 24.2 Å². The van der Waals surface area contributed by atoms with Crippen molar-refractivity contribution < 1.29 is 14.3 Å². The number of nitrogens with one attached hydrogen (secondary N) is 1. The molecule has 150 valence electrons. The van der Waals surface area contributed by atoms with E-state index in [1.54, 1.807) is 7.11 Å². The van der Waals surface area contributed by atoms with Gasteiger partial charge in [0.2, 0.25) is 0 Å². The van der Waals surface area contributed by atoms with Crippen molar-refractivity contribution in [2.24, 2.45) is 0 Å². The third-order valence-corrected chi connectivity index (χ3v) is 5.73. The molecule has 1 saturated heterocycles. The van der Waals surface area contributed by atoms with Crippen molar-refractivity contribution in [3.8, 4) is 5.75 Å². The predicted octanol–water partition coefficient (Wildman–Crippen LogP) is 4.47. The van der Waals surface area contributed by atoms with Gasteiger partial charge in [0.1, 0.15) is 5.75 Å². The fraction of sp³-hybridized carbons (Fsp3) is 0.458. The van der Waals surface area contributed by atoms with E-state index in [1.807, 2.05) is 42.5 Å². The molecule has 0 aromatic heterocycles. The summed E-state index contributed by atoms with van der Waals surface area (Å²) in [6.45, 7) is 8.46. The maximum Gasteiger partial charge on any atom is 0.251 e. The van der Waals surface area contributed by atoms with Gasteiger partial charge >= 0.3 is 0 Å². The Kier molecular flexibility index (Phi) is 6.09. The smallest absolute Gasteiger partial charge is 0.251 e. The summed E-state index contributed by atoms with van der Waals surface area (Å²) in [6, 6.07) is 16.0. The molecule has 4 heteroatoms. The van der Waals surface area contributed by atoms with Crippen LogP contribution in [-0.2, 0) is 15.6 Å². The van der Waals surface area contributed by atoms with Crippen LogP contribution in [0.5, 0.6) is 5.75 Å². The Morgan fingerprint density at radius 1 is 1.07 bits per heavy atom. The van der Waals surface area contributed by atoms with E-state index in [4.69, 9.17) is 9.47 Å². The Hall–Kier alpha value is -2.33. The van der Waals surface area contributed by atoms with Crippen molar-refractivity contribution in [3.05, 3.63) is 65.2 Å². The summed E-state index contributed by atoms with van der Waals surface area (Å²) in [5.74, 6) is 0.828. The molecular weight excluding hydrogens is 350 g/mol. The molecule has 2 aromatic carbocycles. The summed E-state index contributed by atoms with van der Waals surface area (Å²) in [6.07, 6.45) is 1.72. The van der Waals surface area contributed by atoms with E-state index in [0.29, 0.717) is 25.3 Å². The molecule has 0 bridgehead atoms. The Morgan fingerprint density at radius 3 is 2.32 bits per heavy atom. The molecule has 1 amide bonds. The van der Waals surface area contributed by atoms with Crippen LogP contribution in [0.3, 0.4) is 0 Å². The molecule has 1 fully saturated rings. The van der Waals surface area contributed by atoms with Crippen LogP contribution in [0.1, 0.15) is 55.1 Å². The van der Waals surface area contributed by atoms with E-state index in [2.05, 4.69) is 32.2 Å².